The quantitative estimate of drug-likeness (QED) is 0.727. The van der Waals surface area contributed by atoms with Gasteiger partial charge in [-0.1, -0.05) is 6.07 Å². The highest BCUT2D eigenvalue weighted by Gasteiger charge is 2.17. The van der Waals surface area contributed by atoms with Gasteiger partial charge in [0.15, 0.2) is 0 Å². The van der Waals surface area contributed by atoms with Crippen LogP contribution in [0.2, 0.25) is 0 Å². The van der Waals surface area contributed by atoms with Gasteiger partial charge in [-0.05, 0) is 40.7 Å². The van der Waals surface area contributed by atoms with Gasteiger partial charge in [0, 0.05) is 22.9 Å². The summed E-state index contributed by atoms with van der Waals surface area (Å²) in [4.78, 5) is 6.90. The summed E-state index contributed by atoms with van der Waals surface area (Å²) in [6, 6.07) is 5.17. The van der Waals surface area contributed by atoms with E-state index in [1.165, 1.54) is 6.33 Å². The smallest absolute Gasteiger partial charge is 0.242 e. The molecule has 1 aromatic carbocycles. The van der Waals surface area contributed by atoms with Crippen LogP contribution in [0.3, 0.4) is 0 Å². The molecule has 0 aliphatic rings. The molecule has 0 atom stereocenters. The third-order valence-electron chi connectivity index (χ3n) is 2.67. The number of aromatic amines is 1. The average molecular weight is 359 g/mol. The van der Waals surface area contributed by atoms with E-state index in [0.29, 0.717) is 16.7 Å². The first kappa shape index (κ1) is 15.2. The van der Waals surface area contributed by atoms with Crippen LogP contribution >= 0.6 is 15.9 Å². The summed E-state index contributed by atoms with van der Waals surface area (Å²) in [5.41, 5.74) is 1.71. The van der Waals surface area contributed by atoms with Crippen molar-refractivity contribution in [2.75, 3.05) is 7.05 Å². The van der Waals surface area contributed by atoms with E-state index >= 15 is 0 Å². The number of aromatic nitrogens is 2. The lowest BCUT2D eigenvalue weighted by Crippen LogP contribution is -2.23. The molecule has 0 saturated heterocycles. The monoisotopic (exact) mass is 358 g/mol. The second kappa shape index (κ2) is 6.49. The summed E-state index contributed by atoms with van der Waals surface area (Å²) in [6.07, 6.45) is 3.08. The lowest BCUT2D eigenvalue weighted by atomic mass is 10.2. The van der Waals surface area contributed by atoms with Gasteiger partial charge in [0.25, 0.3) is 0 Å². The minimum atomic E-state index is -3.56. The Kier molecular flexibility index (Phi) is 4.92. The largest absolute Gasteiger partial charge is 0.347 e. The van der Waals surface area contributed by atoms with Gasteiger partial charge in [-0.15, -0.1) is 0 Å². The Morgan fingerprint density at radius 2 is 2.15 bits per heavy atom. The van der Waals surface area contributed by atoms with E-state index in [1.54, 1.807) is 24.4 Å². The lowest BCUT2D eigenvalue weighted by molar-refractivity contribution is 0.580. The predicted octanol–water partition coefficient (Wildman–Crippen LogP) is 1.37. The summed E-state index contributed by atoms with van der Waals surface area (Å²) < 4.78 is 27.5. The minimum Gasteiger partial charge on any atom is -0.347 e. The maximum Gasteiger partial charge on any atom is 0.242 e. The molecule has 2 rings (SSSR count). The molecule has 2 aromatic rings. The number of benzene rings is 1. The van der Waals surface area contributed by atoms with Crippen LogP contribution in [0.1, 0.15) is 11.3 Å². The van der Waals surface area contributed by atoms with E-state index in [4.69, 9.17) is 0 Å². The van der Waals surface area contributed by atoms with Crippen LogP contribution in [0.15, 0.2) is 40.1 Å². The summed E-state index contributed by atoms with van der Waals surface area (Å²) in [7, 11) is -1.73. The molecule has 0 spiro atoms. The van der Waals surface area contributed by atoms with Crippen molar-refractivity contribution < 1.29 is 8.42 Å². The number of hydrogen-bond donors (Lipinski definition) is 3. The maximum atomic E-state index is 12.2. The molecule has 1 heterocycles. The summed E-state index contributed by atoms with van der Waals surface area (Å²) in [5, 5.41) is 3.02. The Bertz CT molecular complexity index is 671. The van der Waals surface area contributed by atoms with Gasteiger partial charge in [0.2, 0.25) is 10.0 Å². The molecule has 0 bridgehead atoms. The van der Waals surface area contributed by atoms with Crippen molar-refractivity contribution in [1.29, 1.82) is 0 Å². The van der Waals surface area contributed by atoms with Crippen molar-refractivity contribution in [2.24, 2.45) is 0 Å². The Morgan fingerprint density at radius 3 is 2.75 bits per heavy atom. The van der Waals surface area contributed by atoms with E-state index in [1.807, 2.05) is 7.05 Å². The van der Waals surface area contributed by atoms with E-state index in [2.05, 4.69) is 35.9 Å². The second-order valence-electron chi connectivity index (χ2n) is 4.20. The SMILES string of the molecule is CNCc1ccc(S(=O)(=O)NCc2cnc[nH]2)c(Br)c1. The summed E-state index contributed by atoms with van der Waals surface area (Å²) in [5.74, 6) is 0. The third kappa shape index (κ3) is 3.66. The first-order valence-electron chi connectivity index (χ1n) is 5.93. The van der Waals surface area contributed by atoms with Crippen LogP contribution in [0.5, 0.6) is 0 Å². The number of nitrogens with one attached hydrogen (secondary N) is 3. The van der Waals surface area contributed by atoms with Crippen molar-refractivity contribution in [3.05, 3.63) is 46.5 Å². The molecule has 1 aromatic heterocycles. The maximum absolute atomic E-state index is 12.2. The van der Waals surface area contributed by atoms with Crippen LogP contribution in [-0.4, -0.2) is 25.4 Å². The lowest BCUT2D eigenvalue weighted by Gasteiger charge is -2.09. The standard InChI is InChI=1S/C12H15BrN4O2S/c1-14-5-9-2-3-12(11(13)4-9)20(18,19)17-7-10-6-15-8-16-10/h2-4,6,8,14,17H,5,7H2,1H3,(H,15,16). The Labute approximate surface area is 126 Å². The van der Waals surface area contributed by atoms with E-state index < -0.39 is 10.0 Å². The van der Waals surface area contributed by atoms with Crippen molar-refractivity contribution in [3.8, 4) is 0 Å². The number of halogens is 1. The third-order valence-corrected chi connectivity index (χ3v) is 5.05. The van der Waals surface area contributed by atoms with Crippen LogP contribution in [0, 0.1) is 0 Å². The molecule has 6 nitrogen and oxygen atoms in total. The van der Waals surface area contributed by atoms with Crippen LogP contribution in [0.25, 0.3) is 0 Å². The molecule has 3 N–H and O–H groups in total. The Morgan fingerprint density at radius 1 is 1.35 bits per heavy atom. The normalized spacial score (nSPS) is 11.7. The number of imidazole rings is 1. The van der Waals surface area contributed by atoms with Crippen LogP contribution in [-0.2, 0) is 23.1 Å². The predicted molar refractivity (Wildman–Crippen MR) is 79.5 cm³/mol. The zero-order chi connectivity index (χ0) is 14.6. The van der Waals surface area contributed by atoms with E-state index in [-0.39, 0.29) is 11.4 Å². The molecular formula is C12H15BrN4O2S. The van der Waals surface area contributed by atoms with Gasteiger partial charge >= 0.3 is 0 Å². The van der Waals surface area contributed by atoms with E-state index in [0.717, 1.165) is 5.56 Å². The topological polar surface area (TPSA) is 86.9 Å². The number of hydrogen-bond acceptors (Lipinski definition) is 4. The zero-order valence-corrected chi connectivity index (χ0v) is 13.3. The van der Waals surface area contributed by atoms with Crippen LogP contribution in [0.4, 0.5) is 0 Å². The highest BCUT2D eigenvalue weighted by molar-refractivity contribution is 9.10. The van der Waals surface area contributed by atoms with Gasteiger partial charge in [-0.25, -0.2) is 18.1 Å². The molecule has 0 fully saturated rings. The highest BCUT2D eigenvalue weighted by atomic mass is 79.9. The van der Waals surface area contributed by atoms with Gasteiger partial charge in [-0.2, -0.15) is 0 Å². The molecule has 8 heteroatoms. The first-order valence-corrected chi connectivity index (χ1v) is 8.20. The number of sulfonamides is 1. The number of rotatable bonds is 6. The van der Waals surface area contributed by atoms with Gasteiger partial charge in [0.05, 0.1) is 17.8 Å². The second-order valence-corrected chi connectivity index (χ2v) is 6.79. The molecule has 20 heavy (non-hydrogen) atoms. The van der Waals surface area contributed by atoms with Crippen molar-refractivity contribution in [2.45, 2.75) is 18.0 Å². The Balaban J connectivity index is 2.16. The molecule has 108 valence electrons. The molecule has 0 amide bonds. The van der Waals surface area contributed by atoms with Gasteiger partial charge in [-0.3, -0.25) is 0 Å². The highest BCUT2D eigenvalue weighted by Crippen LogP contribution is 2.23. The summed E-state index contributed by atoms with van der Waals surface area (Å²) in [6.45, 7) is 0.855. The first-order chi connectivity index (χ1) is 9.53. The minimum absolute atomic E-state index is 0.174. The summed E-state index contributed by atoms with van der Waals surface area (Å²) >= 11 is 3.30. The van der Waals surface area contributed by atoms with Gasteiger partial charge in [0.1, 0.15) is 0 Å². The molecule has 0 unspecified atom stereocenters. The molecular weight excluding hydrogens is 344 g/mol. The van der Waals surface area contributed by atoms with Crippen molar-refractivity contribution in [1.82, 2.24) is 20.0 Å². The molecule has 0 aliphatic carbocycles. The molecule has 0 saturated carbocycles. The fourth-order valence-corrected chi connectivity index (χ4v) is 3.84. The number of nitrogens with zero attached hydrogens (tertiary/aromatic N) is 1. The Hall–Kier alpha value is -1.22. The van der Waals surface area contributed by atoms with Crippen molar-refractivity contribution in [3.63, 3.8) is 0 Å². The fraction of sp³-hybridized carbons (Fsp3) is 0.250. The van der Waals surface area contributed by atoms with E-state index in [9.17, 15) is 8.42 Å². The van der Waals surface area contributed by atoms with Crippen LogP contribution < -0.4 is 10.0 Å². The number of H-pyrrole nitrogens is 1. The van der Waals surface area contributed by atoms with Crippen molar-refractivity contribution >= 4 is 26.0 Å². The molecule has 0 radical (unpaired) electrons. The molecule has 0 aliphatic heterocycles. The zero-order valence-electron chi connectivity index (χ0n) is 10.9. The fourth-order valence-electron chi connectivity index (χ4n) is 1.71. The van der Waals surface area contributed by atoms with Gasteiger partial charge < -0.3 is 10.3 Å². The average Bonchev–Trinajstić information content (AvgIpc) is 2.90.